The molecule has 4 fully saturated rings. The standard InChI is InChI=1S/C51H53N9O8S/c1-30-7-2-3-9-36(30)38-10-6-18-58(38)34-25-51(26-34)14-19-57(20-15-51)39-12-11-37(48(52)61)46(59-41-21-31-13-17-54-49(31)56-50(41)68-44-29-66-28-42(44)59)47(39)69(64,65)35-23-40(60(62)63)45-43(24-35)67-27-33(55-45)22-32-8-4-5-16-53-32/h2-5,7-9,11-13,16-17,21,23-24,33-34,38,42,44,55H,6,10,14-15,18-20,22,25-29H2,1H3,(H2,52,61)(H,54,56)/t33-,38+,42-,44-/m1/s1. The van der Waals surface area contributed by atoms with Crippen molar-refractivity contribution in [1.82, 2.24) is 19.9 Å². The molecule has 12 rings (SSSR count). The number of benzene rings is 3. The van der Waals surface area contributed by atoms with Gasteiger partial charge in [0.05, 0.1) is 52.1 Å². The summed E-state index contributed by atoms with van der Waals surface area (Å²) in [7, 11) is -4.77. The quantitative estimate of drug-likeness (QED) is 0.0902. The van der Waals surface area contributed by atoms with Crippen LogP contribution in [0.3, 0.4) is 0 Å². The van der Waals surface area contributed by atoms with Gasteiger partial charge in [0.2, 0.25) is 15.7 Å². The van der Waals surface area contributed by atoms with Gasteiger partial charge in [-0.3, -0.25) is 24.8 Å². The number of hydrogen-bond acceptors (Lipinski definition) is 14. The highest BCUT2D eigenvalue weighted by Gasteiger charge is 2.51. The molecule has 3 aromatic heterocycles. The second-order valence-electron chi connectivity index (χ2n) is 19.6. The van der Waals surface area contributed by atoms with E-state index in [1.54, 1.807) is 29.4 Å². The zero-order valence-corrected chi connectivity index (χ0v) is 39.0. The molecule has 18 heteroatoms. The Balaban J connectivity index is 0.951. The highest BCUT2D eigenvalue weighted by atomic mass is 32.2. The van der Waals surface area contributed by atoms with Crippen LogP contribution in [0.2, 0.25) is 0 Å². The number of H-pyrrole nitrogens is 1. The summed E-state index contributed by atoms with van der Waals surface area (Å²) in [6.45, 7) is 4.84. The average molecular weight is 952 g/mol. The van der Waals surface area contributed by atoms with Gasteiger partial charge in [0.1, 0.15) is 28.9 Å². The van der Waals surface area contributed by atoms with Crippen LogP contribution in [-0.4, -0.2) is 103 Å². The Morgan fingerprint density at radius 3 is 2.59 bits per heavy atom. The lowest BCUT2D eigenvalue weighted by molar-refractivity contribution is -0.384. The number of nitrogens with one attached hydrogen (secondary N) is 2. The number of carbonyl (C=O) groups excluding carboxylic acids is 1. The second kappa shape index (κ2) is 16.7. The molecule has 3 aromatic carbocycles. The number of sulfone groups is 1. The number of aromatic nitrogens is 3. The summed E-state index contributed by atoms with van der Waals surface area (Å²) < 4.78 is 50.7. The minimum Gasteiger partial charge on any atom is -0.489 e. The number of fused-ring (bicyclic) bond motifs is 4. The number of pyridine rings is 2. The average Bonchev–Trinajstić information content (AvgIpc) is 4.13. The van der Waals surface area contributed by atoms with Crippen molar-refractivity contribution in [2.24, 2.45) is 11.1 Å². The number of nitro groups is 1. The third-order valence-corrected chi connectivity index (χ3v) is 17.4. The Bertz CT molecular complexity index is 3130. The molecule has 3 saturated heterocycles. The maximum absolute atomic E-state index is 16.0. The summed E-state index contributed by atoms with van der Waals surface area (Å²) in [5, 5.41) is 16.9. The number of nitro benzene ring substituents is 1. The molecule has 69 heavy (non-hydrogen) atoms. The maximum Gasteiger partial charge on any atom is 0.297 e. The SMILES string of the molecule is Cc1ccccc1[C@@H]1CCCN1C1CC2(CCN(c3ccc(C(N)=O)c(N4c5cc6cc[nH]c6nc5O[C@@H]5COC[C@H]54)c3S(=O)(=O)c3cc4c(c([N+](=O)[O-])c3)N[C@H](Cc3ccccn3)CO4)CC2)C1. The molecule has 1 aliphatic carbocycles. The Morgan fingerprint density at radius 1 is 0.986 bits per heavy atom. The van der Waals surface area contributed by atoms with Crippen LogP contribution in [-0.2, 0) is 21.0 Å². The first kappa shape index (κ1) is 43.5. The van der Waals surface area contributed by atoms with E-state index < -0.39 is 38.5 Å². The lowest BCUT2D eigenvalue weighted by Gasteiger charge is -2.56. The number of carbonyl (C=O) groups is 1. The summed E-state index contributed by atoms with van der Waals surface area (Å²) in [4.78, 5) is 44.6. The summed E-state index contributed by atoms with van der Waals surface area (Å²) in [5.41, 5.74) is 10.8. The number of piperidine rings is 1. The lowest BCUT2D eigenvalue weighted by atomic mass is 9.59. The summed E-state index contributed by atoms with van der Waals surface area (Å²) in [6.07, 6.45) is 9.43. The van der Waals surface area contributed by atoms with E-state index in [-0.39, 0.29) is 69.6 Å². The number of aryl methyl sites for hydroxylation is 1. The van der Waals surface area contributed by atoms with Crippen LogP contribution in [0.15, 0.2) is 101 Å². The van der Waals surface area contributed by atoms with Crippen molar-refractivity contribution in [3.8, 4) is 11.6 Å². The molecule has 0 bridgehead atoms. The summed E-state index contributed by atoms with van der Waals surface area (Å²) >= 11 is 0. The van der Waals surface area contributed by atoms with Crippen molar-refractivity contribution in [2.75, 3.05) is 54.6 Å². The number of hydrogen-bond donors (Lipinski definition) is 3. The van der Waals surface area contributed by atoms with Crippen molar-refractivity contribution in [1.29, 1.82) is 0 Å². The smallest absolute Gasteiger partial charge is 0.297 e. The zero-order chi connectivity index (χ0) is 47.2. The van der Waals surface area contributed by atoms with Gasteiger partial charge in [-0.2, -0.15) is 4.98 Å². The number of aromatic amines is 1. The topological polar surface area (TPSA) is 211 Å². The molecule has 8 heterocycles. The molecule has 4 atom stereocenters. The van der Waals surface area contributed by atoms with E-state index in [0.717, 1.165) is 55.8 Å². The maximum atomic E-state index is 16.0. The fourth-order valence-electron chi connectivity index (χ4n) is 12.1. The number of primary amides is 1. The second-order valence-corrected chi connectivity index (χ2v) is 21.5. The van der Waals surface area contributed by atoms with Crippen LogP contribution in [0.5, 0.6) is 11.6 Å². The van der Waals surface area contributed by atoms with Gasteiger partial charge in [-0.05, 0) is 105 Å². The van der Waals surface area contributed by atoms with Gasteiger partial charge in [-0.25, -0.2) is 8.42 Å². The molecule has 1 saturated carbocycles. The van der Waals surface area contributed by atoms with Crippen molar-refractivity contribution in [2.45, 2.75) is 91.9 Å². The molecule has 1 spiro atoms. The third kappa shape index (κ3) is 7.42. The van der Waals surface area contributed by atoms with Gasteiger partial charge < -0.3 is 40.0 Å². The lowest BCUT2D eigenvalue weighted by Crippen LogP contribution is -2.55. The fraction of sp³-hybridized carbons (Fsp3) is 0.392. The summed E-state index contributed by atoms with van der Waals surface area (Å²) in [6, 6.07) is 23.6. The van der Waals surface area contributed by atoms with E-state index >= 15 is 8.42 Å². The predicted octanol–water partition coefficient (Wildman–Crippen LogP) is 7.41. The minimum atomic E-state index is -4.77. The number of likely N-dealkylation sites (tertiary alicyclic amines) is 1. The van der Waals surface area contributed by atoms with E-state index in [1.165, 1.54) is 23.6 Å². The number of anilines is 4. The number of nitrogens with two attached hydrogens (primary N) is 1. The largest absolute Gasteiger partial charge is 0.489 e. The molecule has 356 valence electrons. The van der Waals surface area contributed by atoms with E-state index in [1.807, 2.05) is 30.3 Å². The van der Waals surface area contributed by atoms with Crippen LogP contribution in [0, 0.1) is 22.5 Å². The Hall–Kier alpha value is -6.76. The number of nitrogens with zero attached hydrogens (tertiary/aromatic N) is 6. The van der Waals surface area contributed by atoms with Crippen LogP contribution < -0.4 is 30.3 Å². The molecule has 5 aliphatic heterocycles. The molecule has 1 amide bonds. The monoisotopic (exact) mass is 951 g/mol. The first-order valence-electron chi connectivity index (χ1n) is 23.9. The van der Waals surface area contributed by atoms with Gasteiger partial charge in [-0.15, -0.1) is 0 Å². The van der Waals surface area contributed by atoms with Gasteiger partial charge in [0, 0.05) is 67.2 Å². The van der Waals surface area contributed by atoms with E-state index in [4.69, 9.17) is 24.9 Å². The summed E-state index contributed by atoms with van der Waals surface area (Å²) in [5.74, 6) is -0.595. The first-order chi connectivity index (χ1) is 33.4. The first-order valence-corrected chi connectivity index (χ1v) is 25.3. The molecule has 4 N–H and O–H groups in total. The molecular weight excluding hydrogens is 899 g/mol. The number of ether oxygens (including phenoxy) is 3. The van der Waals surface area contributed by atoms with Gasteiger partial charge in [0.25, 0.3) is 11.6 Å². The Kier molecular flexibility index (Phi) is 10.6. The Labute approximate surface area is 399 Å². The van der Waals surface area contributed by atoms with Gasteiger partial charge >= 0.3 is 0 Å². The normalized spacial score (nSPS) is 23.1. The molecule has 0 unspecified atom stereocenters. The third-order valence-electron chi connectivity index (χ3n) is 15.6. The van der Waals surface area contributed by atoms with E-state index in [2.05, 4.69) is 56.3 Å². The van der Waals surface area contributed by atoms with Gasteiger partial charge in [0.15, 0.2) is 11.4 Å². The molecule has 6 aromatic rings. The van der Waals surface area contributed by atoms with Crippen molar-refractivity contribution >= 4 is 55.2 Å². The van der Waals surface area contributed by atoms with Crippen molar-refractivity contribution in [3.05, 3.63) is 124 Å². The highest BCUT2D eigenvalue weighted by molar-refractivity contribution is 7.91. The number of amides is 1. The highest BCUT2D eigenvalue weighted by Crippen LogP contribution is 2.56. The van der Waals surface area contributed by atoms with E-state index in [0.29, 0.717) is 48.6 Å². The zero-order valence-electron chi connectivity index (χ0n) is 38.2. The Morgan fingerprint density at radius 2 is 1.81 bits per heavy atom. The van der Waals surface area contributed by atoms with Gasteiger partial charge in [-0.1, -0.05) is 30.3 Å². The molecule has 6 aliphatic rings. The van der Waals surface area contributed by atoms with Crippen LogP contribution in [0.25, 0.3) is 11.0 Å². The molecular formula is C51H53N9O8S. The van der Waals surface area contributed by atoms with Crippen LogP contribution in [0.4, 0.5) is 28.4 Å². The van der Waals surface area contributed by atoms with Crippen LogP contribution >= 0.6 is 0 Å². The number of rotatable bonds is 10. The minimum absolute atomic E-state index is 0.0244. The molecule has 17 nitrogen and oxygen atoms in total. The van der Waals surface area contributed by atoms with Crippen molar-refractivity contribution < 1.29 is 32.3 Å². The van der Waals surface area contributed by atoms with E-state index in [9.17, 15) is 14.9 Å². The predicted molar refractivity (Wildman–Crippen MR) is 258 cm³/mol. The van der Waals surface area contributed by atoms with Crippen molar-refractivity contribution in [3.63, 3.8) is 0 Å². The van der Waals surface area contributed by atoms with Crippen LogP contribution in [0.1, 0.15) is 71.7 Å². The molecule has 0 radical (unpaired) electrons. The fourth-order valence-corrected chi connectivity index (χ4v) is 13.8.